The summed E-state index contributed by atoms with van der Waals surface area (Å²) in [4.78, 5) is 13.6. The molecular weight excluding hydrogens is 327 g/mol. The van der Waals surface area contributed by atoms with Gasteiger partial charge in [0.05, 0.1) is 12.3 Å². The summed E-state index contributed by atoms with van der Waals surface area (Å²) in [6.07, 6.45) is 7.63. The van der Waals surface area contributed by atoms with Crippen LogP contribution < -0.4 is 10.9 Å². The van der Waals surface area contributed by atoms with E-state index in [1.807, 2.05) is 0 Å². The van der Waals surface area contributed by atoms with Crippen molar-refractivity contribution in [2.45, 2.75) is 44.8 Å². The second-order valence-electron chi connectivity index (χ2n) is 6.71. The third-order valence-corrected chi connectivity index (χ3v) is 7.36. The van der Waals surface area contributed by atoms with Crippen LogP contribution in [0.1, 0.15) is 37.7 Å². The minimum absolute atomic E-state index is 0.137. The highest BCUT2D eigenvalue weighted by Crippen LogP contribution is 2.50. The molecule has 0 spiro atoms. The second kappa shape index (κ2) is 9.52. The lowest BCUT2D eigenvalue weighted by molar-refractivity contribution is 0.188. The van der Waals surface area contributed by atoms with Gasteiger partial charge in [-0.2, -0.15) is 0 Å². The van der Waals surface area contributed by atoms with Gasteiger partial charge in [-0.05, 0) is 24.3 Å². The third-order valence-electron chi connectivity index (χ3n) is 4.64. The lowest BCUT2D eigenvalue weighted by Gasteiger charge is -2.27. The number of rotatable bonds is 9. The molecule has 0 radical (unpaired) electrons. The number of H-pyrrole nitrogens is 1. The van der Waals surface area contributed by atoms with Crippen molar-refractivity contribution >= 4 is 7.37 Å². The summed E-state index contributed by atoms with van der Waals surface area (Å²) < 4.78 is 18.2. The lowest BCUT2D eigenvalue weighted by atomic mass is 9.91. The van der Waals surface area contributed by atoms with Gasteiger partial charge in [0.25, 0.3) is 0 Å². The van der Waals surface area contributed by atoms with Crippen molar-refractivity contribution in [3.8, 4) is 0 Å². The van der Waals surface area contributed by atoms with Crippen molar-refractivity contribution in [2.24, 2.45) is 5.92 Å². The zero-order chi connectivity index (χ0) is 17.4. The molecule has 2 unspecified atom stereocenters. The first-order valence-electron chi connectivity index (χ1n) is 8.71. The molecule has 0 aliphatic heterocycles. The monoisotopic (exact) mass is 356 g/mol. The zero-order valence-corrected chi connectivity index (χ0v) is 15.3. The number of pyridine rings is 1. The molecule has 1 fully saturated rings. The Morgan fingerprint density at radius 2 is 2.12 bits per heavy atom. The smallest absolute Gasteiger partial charge is 0.247 e. The molecule has 1 heterocycles. The quantitative estimate of drug-likeness (QED) is 0.591. The number of hydrogen-bond acceptors (Lipinski definition) is 5. The predicted octanol–water partition coefficient (Wildman–Crippen LogP) is 2.33. The van der Waals surface area contributed by atoms with Gasteiger partial charge in [-0.3, -0.25) is 9.36 Å². The normalized spacial score (nSPS) is 19.8. The van der Waals surface area contributed by atoms with Gasteiger partial charge >= 0.3 is 0 Å². The standard InChI is InChI=1S/C17H29N2O4P/c1-23-24(22,12-14-5-3-2-4-6-14)13-16(20)11-18-9-15-7-8-17(21)19-10-15/h7-8,10,14,16,18,20H,2-6,9,11-13H2,1H3,(H,19,21). The van der Waals surface area contributed by atoms with E-state index in [4.69, 9.17) is 4.52 Å². The average Bonchev–Trinajstić information content (AvgIpc) is 2.57. The van der Waals surface area contributed by atoms with Crippen molar-refractivity contribution in [3.05, 3.63) is 34.2 Å². The fraction of sp³-hybridized carbons (Fsp3) is 0.706. The summed E-state index contributed by atoms with van der Waals surface area (Å²) in [5.41, 5.74) is 0.793. The topological polar surface area (TPSA) is 91.4 Å². The van der Waals surface area contributed by atoms with Crippen LogP contribution in [0.15, 0.2) is 23.1 Å². The SMILES string of the molecule is COP(=O)(CC(O)CNCc1ccc(=O)[nH]c1)CC1CCCCC1. The Labute approximate surface area is 143 Å². The van der Waals surface area contributed by atoms with E-state index in [2.05, 4.69) is 10.3 Å². The summed E-state index contributed by atoms with van der Waals surface area (Å²) in [6, 6.07) is 3.21. The first-order chi connectivity index (χ1) is 11.5. The molecule has 2 atom stereocenters. The Morgan fingerprint density at radius 3 is 2.75 bits per heavy atom. The third kappa shape index (κ3) is 6.52. The maximum absolute atomic E-state index is 12.9. The Bertz CT molecular complexity index is 578. The van der Waals surface area contributed by atoms with Gasteiger partial charge in [0.15, 0.2) is 0 Å². The first kappa shape index (κ1) is 19.4. The van der Waals surface area contributed by atoms with Gasteiger partial charge in [0.1, 0.15) is 0 Å². The molecule has 0 bridgehead atoms. The molecule has 3 N–H and O–H groups in total. The van der Waals surface area contributed by atoms with Crippen molar-refractivity contribution in [2.75, 3.05) is 26.0 Å². The Hall–Kier alpha value is -0.940. The predicted molar refractivity (Wildman–Crippen MR) is 95.7 cm³/mol. The molecule has 1 aliphatic carbocycles. The maximum atomic E-state index is 12.9. The van der Waals surface area contributed by atoms with E-state index in [1.165, 1.54) is 32.4 Å². The van der Waals surface area contributed by atoms with E-state index in [1.54, 1.807) is 12.3 Å². The molecule has 136 valence electrons. The number of aliphatic hydroxyl groups excluding tert-OH is 1. The van der Waals surface area contributed by atoms with E-state index in [9.17, 15) is 14.5 Å². The van der Waals surface area contributed by atoms with Crippen LogP contribution in [0.2, 0.25) is 0 Å². The molecule has 1 saturated carbocycles. The average molecular weight is 356 g/mol. The number of hydrogen-bond donors (Lipinski definition) is 3. The Morgan fingerprint density at radius 1 is 1.38 bits per heavy atom. The fourth-order valence-corrected chi connectivity index (χ4v) is 5.68. The van der Waals surface area contributed by atoms with Crippen LogP contribution in [0.4, 0.5) is 0 Å². The van der Waals surface area contributed by atoms with Gasteiger partial charge in [0, 0.05) is 38.6 Å². The van der Waals surface area contributed by atoms with Crippen LogP contribution in [0, 0.1) is 5.92 Å². The van der Waals surface area contributed by atoms with E-state index in [-0.39, 0.29) is 11.7 Å². The second-order valence-corrected chi connectivity index (χ2v) is 9.44. The van der Waals surface area contributed by atoms with E-state index in [0.717, 1.165) is 18.4 Å². The highest BCUT2D eigenvalue weighted by Gasteiger charge is 2.30. The van der Waals surface area contributed by atoms with Gasteiger partial charge in [-0.25, -0.2) is 0 Å². The van der Waals surface area contributed by atoms with Crippen LogP contribution >= 0.6 is 7.37 Å². The van der Waals surface area contributed by atoms with Crippen LogP contribution in [-0.2, 0) is 15.6 Å². The zero-order valence-electron chi connectivity index (χ0n) is 14.4. The lowest BCUT2D eigenvalue weighted by Crippen LogP contribution is -2.30. The molecule has 1 aromatic heterocycles. The molecule has 6 nitrogen and oxygen atoms in total. The summed E-state index contributed by atoms with van der Waals surface area (Å²) in [5.74, 6) is 0.464. The molecular formula is C17H29N2O4P. The molecule has 0 amide bonds. The molecule has 7 heteroatoms. The van der Waals surface area contributed by atoms with Crippen molar-refractivity contribution in [3.63, 3.8) is 0 Å². The Balaban J connectivity index is 1.75. The number of aliphatic hydroxyl groups is 1. The minimum atomic E-state index is -2.78. The van der Waals surface area contributed by atoms with Crippen molar-refractivity contribution < 1.29 is 14.2 Å². The summed E-state index contributed by atoms with van der Waals surface area (Å²) >= 11 is 0. The van der Waals surface area contributed by atoms with Crippen LogP contribution in [0.5, 0.6) is 0 Å². The summed E-state index contributed by atoms with van der Waals surface area (Å²) in [6.45, 7) is 0.880. The maximum Gasteiger partial charge on any atom is 0.247 e. The van der Waals surface area contributed by atoms with E-state index in [0.29, 0.717) is 25.2 Å². The van der Waals surface area contributed by atoms with Gasteiger partial charge in [0.2, 0.25) is 12.9 Å². The van der Waals surface area contributed by atoms with Gasteiger partial charge < -0.3 is 19.9 Å². The van der Waals surface area contributed by atoms with Crippen molar-refractivity contribution in [1.29, 1.82) is 0 Å². The largest absolute Gasteiger partial charge is 0.391 e. The molecule has 1 aliphatic rings. The molecule has 0 aromatic carbocycles. The molecule has 1 aromatic rings. The highest BCUT2D eigenvalue weighted by atomic mass is 31.2. The number of nitrogens with one attached hydrogen (secondary N) is 2. The van der Waals surface area contributed by atoms with Gasteiger partial charge in [-0.1, -0.05) is 25.3 Å². The van der Waals surface area contributed by atoms with E-state index < -0.39 is 13.5 Å². The first-order valence-corrected chi connectivity index (χ1v) is 10.7. The summed E-state index contributed by atoms with van der Waals surface area (Å²) in [7, 11) is -1.29. The number of aromatic nitrogens is 1. The summed E-state index contributed by atoms with van der Waals surface area (Å²) in [5, 5.41) is 13.3. The van der Waals surface area contributed by atoms with Crippen LogP contribution in [-0.4, -0.2) is 42.2 Å². The highest BCUT2D eigenvalue weighted by molar-refractivity contribution is 7.59. The Kier molecular flexibility index (Phi) is 7.69. The van der Waals surface area contributed by atoms with Crippen LogP contribution in [0.25, 0.3) is 0 Å². The number of aromatic amines is 1. The van der Waals surface area contributed by atoms with Gasteiger partial charge in [-0.15, -0.1) is 0 Å². The molecule has 0 saturated heterocycles. The van der Waals surface area contributed by atoms with E-state index >= 15 is 0 Å². The fourth-order valence-electron chi connectivity index (χ4n) is 3.31. The molecule has 24 heavy (non-hydrogen) atoms. The van der Waals surface area contributed by atoms with Crippen molar-refractivity contribution in [1.82, 2.24) is 10.3 Å². The molecule has 2 rings (SSSR count). The van der Waals surface area contributed by atoms with Crippen LogP contribution in [0.3, 0.4) is 0 Å². The minimum Gasteiger partial charge on any atom is -0.391 e.